The Hall–Kier alpha value is -2.24. The number of benzene rings is 2. The lowest BCUT2D eigenvalue weighted by atomic mass is 10.0. The number of hydrogen-bond donors (Lipinski definition) is 2. The Morgan fingerprint density at radius 1 is 1.14 bits per heavy atom. The van der Waals surface area contributed by atoms with Gasteiger partial charge in [-0.3, -0.25) is 4.79 Å². The van der Waals surface area contributed by atoms with Crippen LogP contribution in [0.2, 0.25) is 0 Å². The molecule has 1 aliphatic rings. The molecule has 0 saturated carbocycles. The van der Waals surface area contributed by atoms with Crippen molar-refractivity contribution >= 4 is 33.1 Å². The highest BCUT2D eigenvalue weighted by atomic mass is 32.1. The van der Waals surface area contributed by atoms with Crippen molar-refractivity contribution in [3.05, 3.63) is 58.6 Å². The van der Waals surface area contributed by atoms with E-state index in [1.165, 1.54) is 25.7 Å². The molecule has 5 heteroatoms. The molecule has 0 aliphatic carbocycles. The molecule has 0 radical (unpaired) electrons. The molecule has 4 rings (SSSR count). The molecule has 28 heavy (non-hydrogen) atoms. The summed E-state index contributed by atoms with van der Waals surface area (Å²) in [5.41, 5.74) is 4.52. The van der Waals surface area contributed by atoms with Gasteiger partial charge in [0.15, 0.2) is 11.6 Å². The zero-order chi connectivity index (χ0) is 19.5. The molecule has 1 fully saturated rings. The van der Waals surface area contributed by atoms with Crippen LogP contribution in [0.15, 0.2) is 42.5 Å². The predicted octanol–water partition coefficient (Wildman–Crippen LogP) is 3.78. The Labute approximate surface area is 170 Å². The molecule has 1 aromatic heterocycles. The van der Waals surface area contributed by atoms with Crippen molar-refractivity contribution < 1.29 is 9.69 Å². The fourth-order valence-electron chi connectivity index (χ4n) is 4.25. The van der Waals surface area contributed by atoms with E-state index in [1.54, 1.807) is 11.3 Å². The molecule has 1 amide bonds. The lowest BCUT2D eigenvalue weighted by molar-refractivity contribution is -0.910. The van der Waals surface area contributed by atoms with E-state index >= 15 is 0 Å². The van der Waals surface area contributed by atoms with Gasteiger partial charge >= 0.3 is 0 Å². The summed E-state index contributed by atoms with van der Waals surface area (Å²) in [7, 11) is 0. The molecular weight excluding hydrogens is 366 g/mol. The summed E-state index contributed by atoms with van der Waals surface area (Å²) in [6.07, 6.45) is 4.10. The van der Waals surface area contributed by atoms with Crippen molar-refractivity contribution in [2.75, 3.05) is 18.4 Å². The van der Waals surface area contributed by atoms with Crippen LogP contribution in [0.1, 0.15) is 48.9 Å². The maximum atomic E-state index is 12.9. The zero-order valence-corrected chi connectivity index (χ0v) is 17.4. The molecule has 2 aromatic carbocycles. The molecule has 0 bridgehead atoms. The topological polar surface area (TPSA) is 46.4 Å². The number of hydrogen-bond acceptors (Lipinski definition) is 3. The van der Waals surface area contributed by atoms with Gasteiger partial charge in [-0.05, 0) is 36.1 Å². The van der Waals surface area contributed by atoms with E-state index < -0.39 is 0 Å². The zero-order valence-electron chi connectivity index (χ0n) is 16.6. The largest absolute Gasteiger partial charge is 0.321 e. The van der Waals surface area contributed by atoms with Gasteiger partial charge in [0.2, 0.25) is 0 Å². The lowest BCUT2D eigenvalue weighted by Crippen LogP contribution is -3.11. The number of amides is 1. The Balaban J connectivity index is 1.50. The van der Waals surface area contributed by atoms with Gasteiger partial charge in [0.05, 0.1) is 16.8 Å². The maximum Gasteiger partial charge on any atom is 0.279 e. The van der Waals surface area contributed by atoms with Crippen LogP contribution >= 0.6 is 11.3 Å². The van der Waals surface area contributed by atoms with Gasteiger partial charge in [-0.1, -0.05) is 44.2 Å². The van der Waals surface area contributed by atoms with E-state index in [9.17, 15) is 4.79 Å². The number of thiazole rings is 1. The maximum absolute atomic E-state index is 12.9. The van der Waals surface area contributed by atoms with E-state index in [2.05, 4.69) is 55.6 Å². The quantitative estimate of drug-likeness (QED) is 0.668. The molecule has 146 valence electrons. The summed E-state index contributed by atoms with van der Waals surface area (Å²) in [5.74, 6) is 0.110. The van der Waals surface area contributed by atoms with Gasteiger partial charge in [0.25, 0.3) is 5.91 Å². The highest BCUT2D eigenvalue weighted by Gasteiger charge is 2.34. The van der Waals surface area contributed by atoms with Gasteiger partial charge in [0, 0.05) is 18.5 Å². The number of rotatable bonds is 6. The standard InChI is InChI=1S/C23H27N3OS/c1-3-16-9-7-10-17(4-2)22(16)25-21(27)15-26-14-8-12-19(26)23-24-18-11-5-6-13-20(18)28-23/h5-7,9-11,13,19H,3-4,8,12,14-15H2,1-2H3,(H,25,27)/p+1/t19-/m1/s1. The molecule has 1 saturated heterocycles. The number of fused-ring (bicyclic) bond motifs is 1. The van der Waals surface area contributed by atoms with Crippen molar-refractivity contribution in [3.8, 4) is 0 Å². The summed E-state index contributed by atoms with van der Waals surface area (Å²) in [4.78, 5) is 19.1. The first-order chi connectivity index (χ1) is 13.7. The summed E-state index contributed by atoms with van der Waals surface area (Å²) in [6, 6.07) is 14.9. The number of carbonyl (C=O) groups is 1. The molecule has 1 aliphatic heterocycles. The fourth-order valence-corrected chi connectivity index (χ4v) is 5.41. The highest BCUT2D eigenvalue weighted by Crippen LogP contribution is 2.28. The van der Waals surface area contributed by atoms with Crippen molar-refractivity contribution in [3.63, 3.8) is 0 Å². The highest BCUT2D eigenvalue weighted by molar-refractivity contribution is 7.18. The molecule has 1 unspecified atom stereocenters. The number of aromatic nitrogens is 1. The number of nitrogens with one attached hydrogen (secondary N) is 2. The number of nitrogens with zero attached hydrogens (tertiary/aromatic N) is 1. The summed E-state index contributed by atoms with van der Waals surface area (Å²) in [5, 5.41) is 4.40. The minimum atomic E-state index is 0.110. The molecule has 3 aromatic rings. The Kier molecular flexibility index (Phi) is 5.74. The van der Waals surface area contributed by atoms with Crippen LogP contribution in [-0.4, -0.2) is 24.0 Å². The van der Waals surface area contributed by atoms with Crippen LogP contribution in [0.4, 0.5) is 5.69 Å². The average Bonchev–Trinajstić information content (AvgIpc) is 3.34. The van der Waals surface area contributed by atoms with Crippen LogP contribution < -0.4 is 10.2 Å². The molecule has 2 atom stereocenters. The van der Waals surface area contributed by atoms with Crippen LogP contribution in [0.25, 0.3) is 10.2 Å². The molecule has 2 heterocycles. The predicted molar refractivity (Wildman–Crippen MR) is 116 cm³/mol. The summed E-state index contributed by atoms with van der Waals surface area (Å²) >= 11 is 1.78. The molecule has 0 spiro atoms. The number of aryl methyl sites for hydroxylation is 2. The molecular formula is C23H28N3OS+. The van der Waals surface area contributed by atoms with Crippen molar-refractivity contribution in [2.45, 2.75) is 45.6 Å². The van der Waals surface area contributed by atoms with Gasteiger partial charge in [-0.15, -0.1) is 11.3 Å². The second-order valence-corrected chi connectivity index (χ2v) is 8.57. The van der Waals surface area contributed by atoms with Crippen LogP contribution in [-0.2, 0) is 17.6 Å². The number of carbonyl (C=O) groups excluding carboxylic acids is 1. The molecule has 4 nitrogen and oxygen atoms in total. The van der Waals surface area contributed by atoms with Crippen LogP contribution in [0.5, 0.6) is 0 Å². The molecule has 2 N–H and O–H groups in total. The third-order valence-corrected chi connectivity index (χ3v) is 6.89. The summed E-state index contributed by atoms with van der Waals surface area (Å²) in [6.45, 7) is 5.81. The van der Waals surface area contributed by atoms with Crippen molar-refractivity contribution in [2.24, 2.45) is 0 Å². The second-order valence-electron chi connectivity index (χ2n) is 7.51. The number of likely N-dealkylation sites (tertiary alicyclic amines) is 1. The second kappa shape index (κ2) is 8.41. The lowest BCUT2D eigenvalue weighted by Gasteiger charge is -2.20. The first kappa shape index (κ1) is 19.1. The van der Waals surface area contributed by atoms with Gasteiger partial charge in [-0.25, -0.2) is 4.98 Å². The fraction of sp³-hybridized carbons (Fsp3) is 0.391. The van der Waals surface area contributed by atoms with Gasteiger partial charge in [-0.2, -0.15) is 0 Å². The SMILES string of the molecule is CCc1cccc(CC)c1NC(=O)C[NH+]1CCC[C@@H]1c1nc2ccccc2s1. The number of quaternary nitrogens is 1. The smallest absolute Gasteiger partial charge is 0.279 e. The Morgan fingerprint density at radius 3 is 2.61 bits per heavy atom. The monoisotopic (exact) mass is 394 g/mol. The first-order valence-corrected chi connectivity index (χ1v) is 11.1. The van der Waals surface area contributed by atoms with Gasteiger partial charge < -0.3 is 10.2 Å². The minimum absolute atomic E-state index is 0.110. The average molecular weight is 395 g/mol. The van der Waals surface area contributed by atoms with Crippen LogP contribution in [0.3, 0.4) is 0 Å². The van der Waals surface area contributed by atoms with E-state index in [4.69, 9.17) is 4.98 Å². The Bertz CT molecular complexity index is 926. The Morgan fingerprint density at radius 2 is 1.89 bits per heavy atom. The number of para-hydroxylation sites is 2. The van der Waals surface area contributed by atoms with Crippen LogP contribution in [0, 0.1) is 0 Å². The van der Waals surface area contributed by atoms with Gasteiger partial charge in [0.1, 0.15) is 6.04 Å². The van der Waals surface area contributed by atoms with E-state index in [0.29, 0.717) is 12.6 Å². The van der Waals surface area contributed by atoms with Crippen molar-refractivity contribution in [1.29, 1.82) is 0 Å². The summed E-state index contributed by atoms with van der Waals surface area (Å²) < 4.78 is 1.23. The van der Waals surface area contributed by atoms with E-state index in [-0.39, 0.29) is 5.91 Å². The third kappa shape index (κ3) is 3.82. The number of anilines is 1. The van der Waals surface area contributed by atoms with E-state index in [0.717, 1.165) is 43.4 Å². The van der Waals surface area contributed by atoms with E-state index in [1.807, 2.05) is 6.07 Å². The third-order valence-electron chi connectivity index (χ3n) is 5.74. The van der Waals surface area contributed by atoms with Crippen molar-refractivity contribution in [1.82, 2.24) is 4.98 Å². The normalized spacial score (nSPS) is 19.2. The minimum Gasteiger partial charge on any atom is -0.321 e. The first-order valence-electron chi connectivity index (χ1n) is 10.3.